The van der Waals surface area contributed by atoms with E-state index >= 15 is 0 Å². The first kappa shape index (κ1) is 12.9. The second-order valence-electron chi connectivity index (χ2n) is 4.55. The number of carboxylic acids is 1. The Morgan fingerprint density at radius 3 is 2.28 bits per heavy atom. The molecule has 0 aromatic heterocycles. The Hall–Kier alpha value is -1.56. The maximum atomic E-state index is 11.2. The van der Waals surface area contributed by atoms with Crippen molar-refractivity contribution in [2.75, 3.05) is 11.0 Å². The molecule has 1 aromatic rings. The molecule has 0 saturated heterocycles. The zero-order chi connectivity index (χ0) is 13.3. The van der Waals surface area contributed by atoms with E-state index in [2.05, 4.69) is 4.72 Å². The third kappa shape index (κ3) is 2.81. The third-order valence-corrected chi connectivity index (χ3v) is 3.60. The highest BCUT2D eigenvalue weighted by molar-refractivity contribution is 7.92. The lowest BCUT2D eigenvalue weighted by molar-refractivity contribution is 0.0698. The monoisotopic (exact) mass is 269 g/mol. The van der Waals surface area contributed by atoms with Gasteiger partial charge in [0.05, 0.1) is 17.5 Å². The van der Waals surface area contributed by atoms with Gasteiger partial charge in [-0.2, -0.15) is 0 Å². The molecule has 0 fully saturated rings. The van der Waals surface area contributed by atoms with Gasteiger partial charge in [0.25, 0.3) is 0 Å². The van der Waals surface area contributed by atoms with Gasteiger partial charge in [0, 0.05) is 0 Å². The molecule has 5 nitrogen and oxygen atoms in total. The molecule has 0 amide bonds. The lowest BCUT2D eigenvalue weighted by Gasteiger charge is -2.18. The quantitative estimate of drug-likeness (QED) is 0.873. The van der Waals surface area contributed by atoms with Gasteiger partial charge in [0.15, 0.2) is 0 Å². The molecule has 0 saturated carbocycles. The van der Waals surface area contributed by atoms with Crippen molar-refractivity contribution in [3.05, 3.63) is 28.8 Å². The highest BCUT2D eigenvalue weighted by Crippen LogP contribution is 2.28. The molecule has 1 aliphatic rings. The van der Waals surface area contributed by atoms with Crippen LogP contribution in [0.1, 0.15) is 34.3 Å². The molecule has 0 aliphatic heterocycles. The number of hydrogen-bond acceptors (Lipinski definition) is 3. The topological polar surface area (TPSA) is 83.5 Å². The van der Waals surface area contributed by atoms with Crippen LogP contribution in [0.2, 0.25) is 0 Å². The summed E-state index contributed by atoms with van der Waals surface area (Å²) in [5, 5.41) is 9.13. The average Bonchev–Trinajstić information content (AvgIpc) is 2.25. The van der Waals surface area contributed by atoms with Crippen LogP contribution in [-0.4, -0.2) is 25.7 Å². The van der Waals surface area contributed by atoms with Gasteiger partial charge in [-0.1, -0.05) is 0 Å². The molecule has 98 valence electrons. The van der Waals surface area contributed by atoms with Crippen LogP contribution in [0.5, 0.6) is 0 Å². The molecule has 0 spiro atoms. The Labute approximate surface area is 106 Å². The minimum Gasteiger partial charge on any atom is -0.478 e. The smallest absolute Gasteiger partial charge is 0.337 e. The molecule has 2 N–H and O–H groups in total. The Balaban J connectivity index is 2.52. The van der Waals surface area contributed by atoms with Crippen molar-refractivity contribution in [3.8, 4) is 0 Å². The van der Waals surface area contributed by atoms with Crippen molar-refractivity contribution >= 4 is 21.7 Å². The van der Waals surface area contributed by atoms with Crippen LogP contribution >= 0.6 is 0 Å². The highest BCUT2D eigenvalue weighted by atomic mass is 32.2. The molecule has 2 rings (SSSR count). The molecule has 6 heteroatoms. The molecule has 0 atom stereocenters. The minimum atomic E-state index is -3.47. The van der Waals surface area contributed by atoms with Gasteiger partial charge in [-0.25, -0.2) is 13.2 Å². The molecule has 0 heterocycles. The average molecular weight is 269 g/mol. The normalized spacial score (nSPS) is 14.9. The maximum absolute atomic E-state index is 11.2. The van der Waals surface area contributed by atoms with E-state index in [1.807, 2.05) is 0 Å². The number of aromatic carboxylic acids is 1. The lowest BCUT2D eigenvalue weighted by atomic mass is 9.89. The summed E-state index contributed by atoms with van der Waals surface area (Å²) in [5.41, 5.74) is 2.22. The van der Waals surface area contributed by atoms with E-state index in [4.69, 9.17) is 5.11 Å². The third-order valence-electron chi connectivity index (χ3n) is 3.01. The van der Waals surface area contributed by atoms with Gasteiger partial charge in [-0.05, 0) is 48.9 Å². The fraction of sp³-hybridized carbons (Fsp3) is 0.417. The molecule has 0 unspecified atom stereocenters. The van der Waals surface area contributed by atoms with Crippen LogP contribution in [0, 0.1) is 0 Å². The van der Waals surface area contributed by atoms with E-state index in [1.165, 1.54) is 0 Å². The van der Waals surface area contributed by atoms with Crippen LogP contribution in [0.4, 0.5) is 5.69 Å². The molecular formula is C12H15NO4S. The summed E-state index contributed by atoms with van der Waals surface area (Å²) in [5.74, 6) is -1.12. The van der Waals surface area contributed by atoms with Crippen molar-refractivity contribution in [1.82, 2.24) is 0 Å². The summed E-state index contributed by atoms with van der Waals surface area (Å²) < 4.78 is 24.8. The van der Waals surface area contributed by atoms with Gasteiger partial charge in [-0.15, -0.1) is 0 Å². The van der Waals surface area contributed by atoms with E-state index in [0.717, 1.165) is 43.1 Å². The van der Waals surface area contributed by atoms with Crippen molar-refractivity contribution < 1.29 is 18.3 Å². The summed E-state index contributed by atoms with van der Waals surface area (Å²) in [6, 6.07) is 3.24. The minimum absolute atomic E-state index is 0.0149. The Morgan fingerprint density at radius 2 is 1.78 bits per heavy atom. The number of carbonyl (C=O) groups is 1. The van der Waals surface area contributed by atoms with Crippen LogP contribution in [-0.2, 0) is 22.9 Å². The SMILES string of the molecule is CS(=O)(=O)Nc1cc2c(cc1C(=O)O)CCCC2. The number of benzene rings is 1. The van der Waals surface area contributed by atoms with E-state index in [-0.39, 0.29) is 11.3 Å². The molecule has 18 heavy (non-hydrogen) atoms. The Bertz CT molecular complexity index is 592. The van der Waals surface area contributed by atoms with E-state index < -0.39 is 16.0 Å². The Kier molecular flexibility index (Phi) is 3.30. The fourth-order valence-corrected chi connectivity index (χ4v) is 2.82. The van der Waals surface area contributed by atoms with Gasteiger partial charge in [0.1, 0.15) is 0 Å². The van der Waals surface area contributed by atoms with Crippen LogP contribution < -0.4 is 4.72 Å². The predicted octanol–water partition coefficient (Wildman–Crippen LogP) is 1.64. The summed E-state index contributed by atoms with van der Waals surface area (Å²) >= 11 is 0. The summed E-state index contributed by atoms with van der Waals surface area (Å²) in [6.07, 6.45) is 4.84. The summed E-state index contributed by atoms with van der Waals surface area (Å²) in [4.78, 5) is 11.2. The highest BCUT2D eigenvalue weighted by Gasteiger charge is 2.18. The first-order chi connectivity index (χ1) is 8.37. The van der Waals surface area contributed by atoms with Crippen molar-refractivity contribution in [3.63, 3.8) is 0 Å². The molecule has 0 bridgehead atoms. The first-order valence-electron chi connectivity index (χ1n) is 5.74. The van der Waals surface area contributed by atoms with Crippen LogP contribution in [0.15, 0.2) is 12.1 Å². The van der Waals surface area contributed by atoms with Crippen molar-refractivity contribution in [2.24, 2.45) is 0 Å². The molecule has 1 aromatic carbocycles. The lowest BCUT2D eigenvalue weighted by Crippen LogP contribution is -2.15. The fourth-order valence-electron chi connectivity index (χ4n) is 2.25. The van der Waals surface area contributed by atoms with Gasteiger partial charge in [0.2, 0.25) is 10.0 Å². The number of aryl methyl sites for hydroxylation is 2. The largest absolute Gasteiger partial charge is 0.478 e. The molecule has 0 radical (unpaired) electrons. The van der Waals surface area contributed by atoms with E-state index in [0.29, 0.717) is 0 Å². The van der Waals surface area contributed by atoms with Gasteiger partial charge in [-0.3, -0.25) is 4.72 Å². The van der Waals surface area contributed by atoms with Crippen molar-refractivity contribution in [1.29, 1.82) is 0 Å². The van der Waals surface area contributed by atoms with Gasteiger partial charge >= 0.3 is 5.97 Å². The molecular weight excluding hydrogens is 254 g/mol. The second kappa shape index (κ2) is 4.61. The van der Waals surface area contributed by atoms with Crippen LogP contribution in [0.25, 0.3) is 0 Å². The number of rotatable bonds is 3. The number of fused-ring (bicyclic) bond motifs is 1. The zero-order valence-corrected chi connectivity index (χ0v) is 10.9. The molecule has 1 aliphatic carbocycles. The number of sulfonamides is 1. The number of hydrogen-bond donors (Lipinski definition) is 2. The standard InChI is InChI=1S/C12H15NO4S/c1-18(16,17)13-11-7-9-5-3-2-4-8(9)6-10(11)12(14)15/h6-7,13H,2-5H2,1H3,(H,14,15). The maximum Gasteiger partial charge on any atom is 0.337 e. The Morgan fingerprint density at radius 1 is 1.22 bits per heavy atom. The number of carboxylic acid groups (broad SMARTS) is 1. The van der Waals surface area contributed by atoms with Crippen LogP contribution in [0.3, 0.4) is 0 Å². The summed E-state index contributed by atoms with van der Waals surface area (Å²) in [6.45, 7) is 0. The number of nitrogens with one attached hydrogen (secondary N) is 1. The first-order valence-corrected chi connectivity index (χ1v) is 7.63. The second-order valence-corrected chi connectivity index (χ2v) is 6.30. The zero-order valence-electron chi connectivity index (χ0n) is 10.1. The van der Waals surface area contributed by atoms with E-state index in [9.17, 15) is 13.2 Å². The van der Waals surface area contributed by atoms with Crippen molar-refractivity contribution in [2.45, 2.75) is 25.7 Å². The van der Waals surface area contributed by atoms with Gasteiger partial charge < -0.3 is 5.11 Å². The number of anilines is 1. The predicted molar refractivity (Wildman–Crippen MR) is 68.5 cm³/mol. The summed E-state index contributed by atoms with van der Waals surface area (Å²) in [7, 11) is -3.47. The van der Waals surface area contributed by atoms with E-state index in [1.54, 1.807) is 12.1 Å².